The minimum Gasteiger partial charge on any atom is -0.473 e. The number of alkyl halides is 3. The first-order valence-corrected chi connectivity index (χ1v) is 18.3. The van der Waals surface area contributed by atoms with E-state index in [1.165, 1.54) is 12.1 Å². The summed E-state index contributed by atoms with van der Waals surface area (Å²) in [4.78, 5) is 22.5. The van der Waals surface area contributed by atoms with Gasteiger partial charge in [0.1, 0.15) is 17.9 Å². The number of hydrogen-bond donors (Lipinski definition) is 3. The lowest BCUT2D eigenvalue weighted by Crippen LogP contribution is -2.49. The summed E-state index contributed by atoms with van der Waals surface area (Å²) < 4.78 is 67.3. The maximum atomic E-state index is 14.2. The van der Waals surface area contributed by atoms with Crippen molar-refractivity contribution in [1.82, 2.24) is 20.1 Å². The molecule has 10 nitrogen and oxygen atoms in total. The number of aromatic nitrogens is 3. The number of benzene rings is 3. The number of nitrogens with two attached hydrogens (primary N) is 1. The fourth-order valence-corrected chi connectivity index (χ4v) is 7.06. The van der Waals surface area contributed by atoms with Gasteiger partial charge in [0.2, 0.25) is 5.88 Å². The van der Waals surface area contributed by atoms with Crippen molar-refractivity contribution in [1.29, 1.82) is 0 Å². The van der Waals surface area contributed by atoms with Gasteiger partial charge in [-0.25, -0.2) is 9.37 Å². The predicted molar refractivity (Wildman–Crippen MR) is 205 cm³/mol. The van der Waals surface area contributed by atoms with Crippen LogP contribution in [0.15, 0.2) is 72.8 Å². The molecular weight excluding hydrogens is 738 g/mol. The summed E-state index contributed by atoms with van der Waals surface area (Å²) in [5.41, 5.74) is 9.50. The van der Waals surface area contributed by atoms with Gasteiger partial charge < -0.3 is 25.4 Å². The van der Waals surface area contributed by atoms with Gasteiger partial charge in [0.05, 0.1) is 28.7 Å². The van der Waals surface area contributed by atoms with E-state index in [9.17, 15) is 22.4 Å². The Morgan fingerprint density at radius 2 is 2.00 bits per heavy atom. The van der Waals surface area contributed by atoms with E-state index in [0.717, 1.165) is 49.0 Å². The zero-order valence-electron chi connectivity index (χ0n) is 30.2. The molecule has 7 rings (SSSR count). The van der Waals surface area contributed by atoms with Crippen LogP contribution in [0.1, 0.15) is 52.6 Å². The molecular formula is C40H40ClF4N7O3. The summed E-state index contributed by atoms with van der Waals surface area (Å²) in [5.74, 6) is -0.620. The summed E-state index contributed by atoms with van der Waals surface area (Å²) in [6.07, 6.45) is -0.774. The monoisotopic (exact) mass is 777 g/mol. The Hall–Kier alpha value is -5.18. The normalized spacial score (nSPS) is 16.7. The number of aryl methyl sites for hydroxylation is 1. The topological polar surface area (TPSA) is 122 Å². The molecule has 0 bridgehead atoms. The van der Waals surface area contributed by atoms with Gasteiger partial charge in [-0.2, -0.15) is 18.3 Å². The van der Waals surface area contributed by atoms with Crippen LogP contribution in [0.25, 0.3) is 16.5 Å². The average molecular weight is 778 g/mol. The molecule has 0 radical (unpaired) electrons. The summed E-state index contributed by atoms with van der Waals surface area (Å²) in [6, 6.07) is 17.3. The molecule has 1 saturated heterocycles. The van der Waals surface area contributed by atoms with Crippen molar-refractivity contribution in [2.45, 2.75) is 51.6 Å². The van der Waals surface area contributed by atoms with E-state index >= 15 is 0 Å². The van der Waals surface area contributed by atoms with Crippen molar-refractivity contribution in [3.8, 4) is 5.88 Å². The van der Waals surface area contributed by atoms with Gasteiger partial charge in [-0.1, -0.05) is 29.8 Å². The Balaban J connectivity index is 1.01. The first-order chi connectivity index (χ1) is 26.3. The molecule has 288 valence electrons. The van der Waals surface area contributed by atoms with E-state index in [2.05, 4.69) is 43.3 Å². The van der Waals surface area contributed by atoms with Gasteiger partial charge in [0, 0.05) is 77.8 Å². The van der Waals surface area contributed by atoms with Crippen LogP contribution < -0.4 is 20.7 Å². The van der Waals surface area contributed by atoms with E-state index in [4.69, 9.17) is 26.8 Å². The van der Waals surface area contributed by atoms with Crippen LogP contribution in [-0.4, -0.2) is 70.9 Å². The minimum atomic E-state index is -4.66. The van der Waals surface area contributed by atoms with E-state index in [-0.39, 0.29) is 40.9 Å². The second-order valence-electron chi connectivity index (χ2n) is 13.9. The molecule has 0 aliphatic carbocycles. The lowest BCUT2D eigenvalue weighted by atomic mass is 10.0. The molecule has 1 fully saturated rings. The number of ether oxygens (including phenoxy) is 2. The Labute approximate surface area is 320 Å². The number of nitrogens with zero attached hydrogens (tertiary/aromatic N) is 4. The Morgan fingerprint density at radius 3 is 2.69 bits per heavy atom. The molecule has 55 heavy (non-hydrogen) atoms. The van der Waals surface area contributed by atoms with Crippen LogP contribution in [0.5, 0.6) is 5.88 Å². The number of amides is 1. The van der Waals surface area contributed by atoms with E-state index in [0.29, 0.717) is 47.5 Å². The number of pyridine rings is 1. The van der Waals surface area contributed by atoms with Crippen LogP contribution in [0.3, 0.4) is 0 Å². The molecule has 0 spiro atoms. The average Bonchev–Trinajstić information content (AvgIpc) is 3.50. The van der Waals surface area contributed by atoms with Gasteiger partial charge in [-0.05, 0) is 80.8 Å². The summed E-state index contributed by atoms with van der Waals surface area (Å²) >= 11 is 5.87. The van der Waals surface area contributed by atoms with Gasteiger partial charge in [-0.3, -0.25) is 14.8 Å². The lowest BCUT2D eigenvalue weighted by molar-refractivity contribution is -0.136. The van der Waals surface area contributed by atoms with Crippen LogP contribution in [-0.2, 0) is 17.5 Å². The molecule has 2 aromatic heterocycles. The Morgan fingerprint density at radius 1 is 1.18 bits per heavy atom. The molecule has 1 amide bonds. The number of halogens is 5. The molecule has 4 N–H and O–H groups in total. The third-order valence-electron chi connectivity index (χ3n) is 10.00. The maximum absolute atomic E-state index is 14.2. The van der Waals surface area contributed by atoms with E-state index in [1.807, 2.05) is 12.1 Å². The zero-order valence-corrected chi connectivity index (χ0v) is 31.0. The number of nitrogen functional groups attached to an aromatic ring is 1. The maximum Gasteiger partial charge on any atom is 0.418 e. The van der Waals surface area contributed by atoms with Gasteiger partial charge in [0.25, 0.3) is 5.91 Å². The number of fused-ring (bicyclic) bond motifs is 1. The Bertz CT molecular complexity index is 2240. The number of carbonyl (C=O) groups is 1. The van der Waals surface area contributed by atoms with Gasteiger partial charge >= 0.3 is 6.18 Å². The summed E-state index contributed by atoms with van der Waals surface area (Å²) in [5, 5.41) is 9.59. The highest BCUT2D eigenvalue weighted by atomic mass is 35.5. The number of anilines is 3. The molecule has 3 aromatic carbocycles. The molecule has 5 aromatic rings. The van der Waals surface area contributed by atoms with Gasteiger partial charge in [-0.15, -0.1) is 0 Å². The highest BCUT2D eigenvalue weighted by Crippen LogP contribution is 2.37. The van der Waals surface area contributed by atoms with Crippen molar-refractivity contribution in [2.24, 2.45) is 0 Å². The van der Waals surface area contributed by atoms with Crippen LogP contribution >= 0.6 is 11.6 Å². The third kappa shape index (κ3) is 8.71. The third-order valence-corrected chi connectivity index (χ3v) is 10.2. The van der Waals surface area contributed by atoms with Crippen molar-refractivity contribution in [2.75, 3.05) is 48.7 Å². The van der Waals surface area contributed by atoms with E-state index in [1.54, 1.807) is 43.3 Å². The van der Waals surface area contributed by atoms with E-state index < -0.39 is 23.5 Å². The summed E-state index contributed by atoms with van der Waals surface area (Å²) in [6.45, 7) is 7.28. The van der Waals surface area contributed by atoms with Gasteiger partial charge in [0.15, 0.2) is 0 Å². The summed E-state index contributed by atoms with van der Waals surface area (Å²) in [7, 11) is 0. The second kappa shape index (κ2) is 15.9. The molecule has 1 unspecified atom stereocenters. The minimum absolute atomic E-state index is 0.00393. The number of rotatable bonds is 12. The predicted octanol–water partition coefficient (Wildman–Crippen LogP) is 8.26. The number of hydrogen-bond acceptors (Lipinski definition) is 8. The second-order valence-corrected chi connectivity index (χ2v) is 14.3. The SMILES string of the molecule is Cc1[nH]nc2c(C(F)(F)F)cc(NC(=O)c3ccc(N(C[C@@H]4CCO4)C(C)CN4CC=C(c5cccc(OCc6ccc(Cl)cc6F)n5)CC4)c(N)c3)cc12. The molecule has 15 heteroatoms. The number of nitrogens with one attached hydrogen (secondary N) is 2. The van der Waals surface area contributed by atoms with Crippen molar-refractivity contribution >= 4 is 51.0 Å². The number of H-pyrrole nitrogens is 1. The molecule has 2 atom stereocenters. The van der Waals surface area contributed by atoms with Crippen molar-refractivity contribution < 1.29 is 31.8 Å². The Kier molecular flexibility index (Phi) is 11.0. The first-order valence-electron chi connectivity index (χ1n) is 17.9. The molecule has 4 heterocycles. The fraction of sp³-hybridized carbons (Fsp3) is 0.325. The van der Waals surface area contributed by atoms with Crippen LogP contribution in [0.2, 0.25) is 5.02 Å². The fourth-order valence-electron chi connectivity index (χ4n) is 6.90. The number of carbonyl (C=O) groups excluding carboxylic acids is 1. The number of aromatic amines is 1. The molecule has 2 aliphatic heterocycles. The highest BCUT2D eigenvalue weighted by Gasteiger charge is 2.35. The van der Waals surface area contributed by atoms with Crippen molar-refractivity contribution in [3.63, 3.8) is 0 Å². The molecule has 2 aliphatic rings. The van der Waals surface area contributed by atoms with Crippen LogP contribution in [0, 0.1) is 12.7 Å². The first kappa shape index (κ1) is 38.1. The van der Waals surface area contributed by atoms with Crippen LogP contribution in [0.4, 0.5) is 34.6 Å². The standard InChI is InChI=1S/C40H40ClF4N7O3/c1-23(20-51-13-10-25(11-14-51)35-4-3-5-37(48-35)55-22-27-6-8-28(41)17-33(27)42)52(21-30-12-15-54-30)36-9-7-26(16-34(36)46)39(53)47-29-18-31-24(2)49-50-38(31)32(19-29)40(43,44)45/h3-10,16-19,23,30H,11-15,20-22,46H2,1-2H3,(H,47,53)(H,49,50)/t23?,30-/m0/s1. The largest absolute Gasteiger partial charge is 0.473 e. The smallest absolute Gasteiger partial charge is 0.418 e. The van der Waals surface area contributed by atoms with Crippen molar-refractivity contribution in [3.05, 3.63) is 112 Å². The zero-order chi connectivity index (χ0) is 38.9. The molecule has 0 saturated carbocycles. The highest BCUT2D eigenvalue weighted by molar-refractivity contribution is 6.30. The quantitative estimate of drug-likeness (QED) is 0.0856. The lowest BCUT2D eigenvalue weighted by Gasteiger charge is -2.40.